The molecular formula is C4H10NSn+3. The summed E-state index contributed by atoms with van der Waals surface area (Å²) < 4.78 is 2.34. The molecule has 0 bridgehead atoms. The van der Waals surface area contributed by atoms with Crippen LogP contribution in [-0.2, 0) is 0 Å². The van der Waals surface area contributed by atoms with Crippen LogP contribution in [0.2, 0.25) is 0 Å². The Balaban J connectivity index is 2.75. The van der Waals surface area contributed by atoms with Crippen LogP contribution in [0.3, 0.4) is 0 Å². The fraction of sp³-hybridized carbons (Fsp3) is 1.00. The van der Waals surface area contributed by atoms with Gasteiger partial charge in [-0.2, -0.15) is 0 Å². The molecule has 1 nitrogen and oxygen atoms in total. The van der Waals surface area contributed by atoms with Crippen molar-refractivity contribution in [1.29, 1.82) is 0 Å². The third kappa shape index (κ3) is 2.97. The molecule has 0 N–H and O–H groups in total. The molecule has 32 valence electrons. The number of hydrogen-bond acceptors (Lipinski definition) is 1. The molecule has 0 amide bonds. The third-order valence-corrected chi connectivity index (χ3v) is 2.57. The Morgan fingerprint density at radius 2 is 1.67 bits per heavy atom. The summed E-state index contributed by atoms with van der Waals surface area (Å²) in [6.07, 6.45) is 0. The van der Waals surface area contributed by atoms with E-state index in [4.69, 9.17) is 0 Å². The number of rotatable bonds is 2. The van der Waals surface area contributed by atoms with Gasteiger partial charge in [-0.1, -0.05) is 0 Å². The summed E-state index contributed by atoms with van der Waals surface area (Å²) in [4.78, 5) is 0. The van der Waals surface area contributed by atoms with E-state index in [0.717, 1.165) is 0 Å². The molecule has 6 heavy (non-hydrogen) atoms. The second-order valence-corrected chi connectivity index (χ2v) is 2.98. The molecule has 0 aromatic heterocycles. The van der Waals surface area contributed by atoms with E-state index >= 15 is 0 Å². The van der Waals surface area contributed by atoms with Crippen molar-refractivity contribution in [2.24, 2.45) is 0 Å². The van der Waals surface area contributed by atoms with Crippen LogP contribution >= 0.6 is 0 Å². The Morgan fingerprint density at radius 1 is 1.33 bits per heavy atom. The molecule has 0 saturated carbocycles. The van der Waals surface area contributed by atoms with Crippen molar-refractivity contribution < 1.29 is 0 Å². The molecule has 0 aliphatic carbocycles. The van der Waals surface area contributed by atoms with Crippen LogP contribution in [0.5, 0.6) is 0 Å². The number of nitrogens with zero attached hydrogens (tertiary/aromatic N) is 1. The van der Waals surface area contributed by atoms with E-state index in [9.17, 15) is 0 Å². The summed E-state index contributed by atoms with van der Waals surface area (Å²) in [7, 11) is 0. The third-order valence-electron chi connectivity index (χ3n) is 0.763. The summed E-state index contributed by atoms with van der Waals surface area (Å²) in [6.45, 7) is 6.76. The molecule has 0 spiro atoms. The second-order valence-electron chi connectivity index (χ2n) is 1.17. The summed E-state index contributed by atoms with van der Waals surface area (Å²) in [6, 6.07) is 0. The maximum atomic E-state index is 2.34. The molecular weight excluding hydrogens is 181 g/mol. The average Bonchev–Trinajstić information content (AvgIpc) is 1.65. The van der Waals surface area contributed by atoms with Gasteiger partial charge in [0.2, 0.25) is 0 Å². The van der Waals surface area contributed by atoms with Crippen LogP contribution in [0.15, 0.2) is 0 Å². The zero-order chi connectivity index (χ0) is 4.99. The molecule has 0 rings (SSSR count). The van der Waals surface area contributed by atoms with Crippen molar-refractivity contribution in [2.75, 3.05) is 13.1 Å². The fourth-order valence-electron chi connectivity index (χ4n) is 0.224. The van der Waals surface area contributed by atoms with Crippen LogP contribution in [0.25, 0.3) is 0 Å². The molecule has 0 aliphatic heterocycles. The van der Waals surface area contributed by atoms with Gasteiger partial charge in [0, 0.05) is 0 Å². The Kier molecular flexibility index (Phi) is 4.43. The van der Waals surface area contributed by atoms with Crippen LogP contribution in [-0.4, -0.2) is 39.0 Å². The summed E-state index contributed by atoms with van der Waals surface area (Å²) >= 11 is 1.54. The first-order chi connectivity index (χ1) is 2.81. The van der Waals surface area contributed by atoms with Crippen molar-refractivity contribution in [3.05, 3.63) is 0 Å². The summed E-state index contributed by atoms with van der Waals surface area (Å²) in [5.74, 6) is 0. The Morgan fingerprint density at radius 3 is 1.67 bits per heavy atom. The van der Waals surface area contributed by atoms with Crippen LogP contribution < -0.4 is 0 Å². The topological polar surface area (TPSA) is 3.24 Å². The van der Waals surface area contributed by atoms with Gasteiger partial charge in [-0.25, -0.2) is 0 Å². The minimum absolute atomic E-state index is 1.20. The van der Waals surface area contributed by atoms with Crippen LogP contribution in [0.4, 0.5) is 0 Å². The van der Waals surface area contributed by atoms with E-state index in [-0.39, 0.29) is 0 Å². The van der Waals surface area contributed by atoms with E-state index in [1.54, 1.807) is 0 Å². The van der Waals surface area contributed by atoms with Gasteiger partial charge in [-0.15, -0.1) is 0 Å². The molecule has 0 aromatic rings. The molecule has 0 fully saturated rings. The van der Waals surface area contributed by atoms with Gasteiger partial charge < -0.3 is 0 Å². The first-order valence-corrected chi connectivity index (χ1v) is 3.55. The molecule has 0 heterocycles. The van der Waals surface area contributed by atoms with Gasteiger partial charge in [0.05, 0.1) is 0 Å². The second kappa shape index (κ2) is 3.93. The average molecular weight is 191 g/mol. The molecule has 0 aliphatic rings. The molecule has 0 saturated heterocycles. The van der Waals surface area contributed by atoms with E-state index in [0.29, 0.717) is 0 Å². The Bertz CT molecular complexity index is 26.7. The summed E-state index contributed by atoms with van der Waals surface area (Å²) in [5, 5.41) is 0. The van der Waals surface area contributed by atoms with Crippen LogP contribution in [0.1, 0.15) is 13.8 Å². The fourth-order valence-corrected chi connectivity index (χ4v) is 0.224. The maximum absolute atomic E-state index is 2.34. The van der Waals surface area contributed by atoms with E-state index in [1.165, 1.54) is 35.9 Å². The van der Waals surface area contributed by atoms with Gasteiger partial charge >= 0.3 is 52.9 Å². The van der Waals surface area contributed by atoms with E-state index < -0.39 is 0 Å². The Hall–Kier alpha value is 0.759. The monoisotopic (exact) mass is 192 g/mol. The van der Waals surface area contributed by atoms with E-state index in [1.807, 2.05) is 0 Å². The molecule has 0 aromatic carbocycles. The quantitative estimate of drug-likeness (QED) is 0.571. The zero-order valence-corrected chi connectivity index (χ0v) is 7.22. The first-order valence-electron chi connectivity index (χ1n) is 2.27. The SMILES string of the molecule is CC[N]([Sn+3])CC. The predicted molar refractivity (Wildman–Crippen MR) is 28.7 cm³/mol. The van der Waals surface area contributed by atoms with Crippen molar-refractivity contribution in [3.63, 3.8) is 0 Å². The van der Waals surface area contributed by atoms with Crippen molar-refractivity contribution in [1.82, 2.24) is 3.12 Å². The predicted octanol–water partition coefficient (Wildman–Crippen LogP) is 0.412. The van der Waals surface area contributed by atoms with Crippen molar-refractivity contribution in [2.45, 2.75) is 13.8 Å². The minimum atomic E-state index is 1.20. The first kappa shape index (κ1) is 6.76. The van der Waals surface area contributed by atoms with Gasteiger partial charge in [-0.3, -0.25) is 0 Å². The van der Waals surface area contributed by atoms with Gasteiger partial charge in [0.25, 0.3) is 0 Å². The van der Waals surface area contributed by atoms with E-state index in [2.05, 4.69) is 17.0 Å². The van der Waals surface area contributed by atoms with Crippen molar-refractivity contribution in [3.8, 4) is 0 Å². The number of hydrogen-bond donors (Lipinski definition) is 0. The molecule has 2 heteroatoms. The standard InChI is InChI=1S/C4H10N.Sn/c1-3-5-4-2;/h3-4H2,1-2H3;/q-1;+4. The Labute approximate surface area is 53.2 Å². The summed E-state index contributed by atoms with van der Waals surface area (Å²) in [5.41, 5.74) is 0. The zero-order valence-electron chi connectivity index (χ0n) is 4.36. The van der Waals surface area contributed by atoms with Gasteiger partial charge in [-0.05, 0) is 0 Å². The molecule has 0 unspecified atom stereocenters. The molecule has 0 atom stereocenters. The van der Waals surface area contributed by atoms with Gasteiger partial charge in [0.1, 0.15) is 0 Å². The van der Waals surface area contributed by atoms with Gasteiger partial charge in [0.15, 0.2) is 0 Å². The van der Waals surface area contributed by atoms with Crippen molar-refractivity contribution >= 4 is 22.8 Å². The normalized spacial score (nSPS) is 10.2. The molecule has 0 radical (unpaired) electrons. The van der Waals surface area contributed by atoms with Crippen LogP contribution in [0, 0.1) is 0 Å².